The Morgan fingerprint density at radius 1 is 1.20 bits per heavy atom. The van der Waals surface area contributed by atoms with Gasteiger partial charge in [0, 0.05) is 18.5 Å². The Kier molecular flexibility index (Phi) is 4.93. The van der Waals surface area contributed by atoms with Crippen LogP contribution in [0, 0.1) is 0 Å². The van der Waals surface area contributed by atoms with Gasteiger partial charge in [0.2, 0.25) is 0 Å². The van der Waals surface area contributed by atoms with Gasteiger partial charge >= 0.3 is 0 Å². The normalized spacial score (nSPS) is 12.1. The van der Waals surface area contributed by atoms with Gasteiger partial charge in [-0.15, -0.1) is 0 Å². The topological polar surface area (TPSA) is 63.8 Å². The maximum Gasteiger partial charge on any atom is 0.133 e. The highest BCUT2D eigenvalue weighted by Crippen LogP contribution is 2.12. The third-order valence-corrected chi connectivity index (χ3v) is 3.04. The average Bonchev–Trinajstić information content (AvgIpc) is 2.39. The van der Waals surface area contributed by atoms with E-state index in [4.69, 9.17) is 5.73 Å². The summed E-state index contributed by atoms with van der Waals surface area (Å²) < 4.78 is 0. The third-order valence-electron chi connectivity index (χ3n) is 3.04. The van der Waals surface area contributed by atoms with Crippen molar-refractivity contribution in [2.45, 2.75) is 39.2 Å². The van der Waals surface area contributed by atoms with Crippen LogP contribution in [0.3, 0.4) is 0 Å². The van der Waals surface area contributed by atoms with Gasteiger partial charge in [-0.25, -0.2) is 9.97 Å². The summed E-state index contributed by atoms with van der Waals surface area (Å²) in [6, 6.07) is 12.5. The molecule has 0 saturated carbocycles. The molecule has 20 heavy (non-hydrogen) atoms. The number of aromatic nitrogens is 2. The molecule has 1 unspecified atom stereocenters. The lowest BCUT2D eigenvalue weighted by atomic mass is 10.1. The molecular formula is C16H22N4. The highest BCUT2D eigenvalue weighted by atomic mass is 15.1. The second kappa shape index (κ2) is 6.89. The number of nitrogens with two attached hydrogens (primary N) is 1. The van der Waals surface area contributed by atoms with E-state index in [0.717, 1.165) is 30.9 Å². The first-order chi connectivity index (χ1) is 9.67. The summed E-state index contributed by atoms with van der Waals surface area (Å²) >= 11 is 0. The molecule has 4 nitrogen and oxygen atoms in total. The van der Waals surface area contributed by atoms with E-state index in [-0.39, 0.29) is 0 Å². The minimum Gasteiger partial charge on any atom is -0.384 e. The summed E-state index contributed by atoms with van der Waals surface area (Å²) in [5.74, 6) is 2.14. The van der Waals surface area contributed by atoms with E-state index in [9.17, 15) is 0 Å². The lowest BCUT2D eigenvalue weighted by Crippen LogP contribution is -2.19. The van der Waals surface area contributed by atoms with Crippen LogP contribution >= 0.6 is 0 Å². The third kappa shape index (κ3) is 4.23. The van der Waals surface area contributed by atoms with Crippen molar-refractivity contribution in [3.8, 4) is 0 Å². The molecule has 1 heterocycles. The minimum atomic E-state index is 0.293. The average molecular weight is 270 g/mol. The van der Waals surface area contributed by atoms with E-state index in [2.05, 4.69) is 53.4 Å². The molecule has 1 aromatic heterocycles. The molecule has 2 rings (SSSR count). The molecule has 0 saturated heterocycles. The van der Waals surface area contributed by atoms with Crippen molar-refractivity contribution in [3.05, 3.63) is 47.8 Å². The lowest BCUT2D eigenvalue weighted by Gasteiger charge is -2.15. The predicted octanol–water partition coefficient (Wildman–Crippen LogP) is 3.05. The maximum absolute atomic E-state index is 5.83. The Labute approximate surface area is 120 Å². The molecule has 1 atom stereocenters. The highest BCUT2D eigenvalue weighted by molar-refractivity contribution is 5.45. The Morgan fingerprint density at radius 2 is 1.95 bits per heavy atom. The van der Waals surface area contributed by atoms with Gasteiger partial charge in [-0.05, 0) is 25.3 Å². The Balaban J connectivity index is 2.02. The van der Waals surface area contributed by atoms with Gasteiger partial charge in [0.15, 0.2) is 0 Å². The molecule has 3 N–H and O–H groups in total. The van der Waals surface area contributed by atoms with Crippen LogP contribution in [0.25, 0.3) is 0 Å². The highest BCUT2D eigenvalue weighted by Gasteiger charge is 2.07. The van der Waals surface area contributed by atoms with E-state index in [1.165, 1.54) is 5.56 Å². The van der Waals surface area contributed by atoms with Crippen molar-refractivity contribution in [2.24, 2.45) is 0 Å². The SMILES string of the molecule is CCCc1nc(N)cc(NC(C)Cc2ccccc2)n1. The van der Waals surface area contributed by atoms with Crippen LogP contribution in [0.15, 0.2) is 36.4 Å². The van der Waals surface area contributed by atoms with Crippen LogP contribution in [0.2, 0.25) is 0 Å². The van der Waals surface area contributed by atoms with Crippen LogP contribution in [0.4, 0.5) is 11.6 Å². The quantitative estimate of drug-likeness (QED) is 0.846. The number of nitrogens with zero attached hydrogens (tertiary/aromatic N) is 2. The molecule has 0 fully saturated rings. The molecule has 0 amide bonds. The van der Waals surface area contributed by atoms with Gasteiger partial charge in [0.25, 0.3) is 0 Å². The number of hydrogen-bond acceptors (Lipinski definition) is 4. The molecule has 1 aromatic carbocycles. The largest absolute Gasteiger partial charge is 0.384 e. The first-order valence-corrected chi connectivity index (χ1v) is 7.11. The van der Waals surface area contributed by atoms with Gasteiger partial charge in [0.05, 0.1) is 0 Å². The van der Waals surface area contributed by atoms with Crippen LogP contribution in [0.1, 0.15) is 31.7 Å². The first-order valence-electron chi connectivity index (χ1n) is 7.11. The second-order valence-electron chi connectivity index (χ2n) is 5.08. The van der Waals surface area contributed by atoms with Crippen LogP contribution in [-0.2, 0) is 12.8 Å². The number of nitrogens with one attached hydrogen (secondary N) is 1. The molecule has 0 aliphatic rings. The monoisotopic (exact) mass is 270 g/mol. The van der Waals surface area contributed by atoms with Gasteiger partial charge in [-0.2, -0.15) is 0 Å². The standard InChI is InChI=1S/C16H22N4/c1-3-7-15-19-14(17)11-16(20-15)18-12(2)10-13-8-5-4-6-9-13/h4-6,8-9,11-12H,3,7,10H2,1-2H3,(H3,17,18,19,20). The molecule has 0 spiro atoms. The zero-order valence-electron chi connectivity index (χ0n) is 12.1. The summed E-state index contributed by atoms with van der Waals surface area (Å²) in [4.78, 5) is 8.74. The van der Waals surface area contributed by atoms with Gasteiger partial charge < -0.3 is 11.1 Å². The summed E-state index contributed by atoms with van der Waals surface area (Å²) in [5, 5.41) is 3.40. The molecule has 106 valence electrons. The fourth-order valence-electron chi connectivity index (χ4n) is 2.20. The van der Waals surface area contributed by atoms with Crippen molar-refractivity contribution in [1.82, 2.24) is 9.97 Å². The van der Waals surface area contributed by atoms with Crippen LogP contribution in [-0.4, -0.2) is 16.0 Å². The predicted molar refractivity (Wildman–Crippen MR) is 83.7 cm³/mol. The lowest BCUT2D eigenvalue weighted by molar-refractivity contribution is 0.775. The molecule has 0 aliphatic carbocycles. The minimum absolute atomic E-state index is 0.293. The van der Waals surface area contributed by atoms with Gasteiger partial charge in [-0.1, -0.05) is 37.3 Å². The fourth-order valence-corrected chi connectivity index (χ4v) is 2.20. The number of benzene rings is 1. The molecule has 0 bridgehead atoms. The number of aryl methyl sites for hydroxylation is 1. The molecule has 2 aromatic rings. The maximum atomic E-state index is 5.83. The summed E-state index contributed by atoms with van der Waals surface area (Å²) in [6.45, 7) is 4.25. The Morgan fingerprint density at radius 3 is 2.65 bits per heavy atom. The number of nitrogen functional groups attached to an aromatic ring is 1. The van der Waals surface area contributed by atoms with E-state index in [1.807, 2.05) is 6.07 Å². The number of hydrogen-bond donors (Lipinski definition) is 2. The van der Waals surface area contributed by atoms with Crippen LogP contribution < -0.4 is 11.1 Å². The van der Waals surface area contributed by atoms with E-state index in [0.29, 0.717) is 11.9 Å². The van der Waals surface area contributed by atoms with Crippen molar-refractivity contribution >= 4 is 11.6 Å². The zero-order chi connectivity index (χ0) is 14.4. The first kappa shape index (κ1) is 14.3. The van der Waals surface area contributed by atoms with Crippen molar-refractivity contribution in [3.63, 3.8) is 0 Å². The van der Waals surface area contributed by atoms with Crippen molar-refractivity contribution < 1.29 is 0 Å². The van der Waals surface area contributed by atoms with E-state index >= 15 is 0 Å². The molecule has 0 radical (unpaired) electrons. The molecular weight excluding hydrogens is 248 g/mol. The Bertz CT molecular complexity index is 539. The summed E-state index contributed by atoms with van der Waals surface area (Å²) in [7, 11) is 0. The zero-order valence-corrected chi connectivity index (χ0v) is 12.1. The second-order valence-corrected chi connectivity index (χ2v) is 5.08. The Hall–Kier alpha value is -2.10. The van der Waals surface area contributed by atoms with E-state index in [1.54, 1.807) is 6.07 Å². The summed E-state index contributed by atoms with van der Waals surface area (Å²) in [5.41, 5.74) is 7.14. The fraction of sp³-hybridized carbons (Fsp3) is 0.375. The number of anilines is 2. The smallest absolute Gasteiger partial charge is 0.133 e. The molecule has 4 heteroatoms. The van der Waals surface area contributed by atoms with Gasteiger partial charge in [0.1, 0.15) is 17.5 Å². The van der Waals surface area contributed by atoms with Crippen molar-refractivity contribution in [1.29, 1.82) is 0 Å². The van der Waals surface area contributed by atoms with E-state index < -0.39 is 0 Å². The van der Waals surface area contributed by atoms with Crippen molar-refractivity contribution in [2.75, 3.05) is 11.1 Å². The van der Waals surface area contributed by atoms with Crippen LogP contribution in [0.5, 0.6) is 0 Å². The number of rotatable bonds is 6. The summed E-state index contributed by atoms with van der Waals surface area (Å²) in [6.07, 6.45) is 2.82. The van der Waals surface area contributed by atoms with Gasteiger partial charge in [-0.3, -0.25) is 0 Å². The molecule has 0 aliphatic heterocycles.